The molecular weight excluding hydrogens is 479 g/mol. The zero-order valence-electron chi connectivity index (χ0n) is 20.8. The molecular formula is C26H29FN6O4. The molecule has 0 saturated heterocycles. The summed E-state index contributed by atoms with van der Waals surface area (Å²) in [4.78, 5) is 31.3. The van der Waals surface area contributed by atoms with Crippen molar-refractivity contribution in [3.05, 3.63) is 73.2 Å². The topological polar surface area (TPSA) is 126 Å². The van der Waals surface area contributed by atoms with E-state index in [1.165, 1.54) is 0 Å². The van der Waals surface area contributed by atoms with Gasteiger partial charge in [-0.25, -0.2) is 14.2 Å². The SMILES string of the molecule is C=CC(=O)Nc1cccc(Nc2nc(Nc3ccc(OCCNC(=O)OC(C)(C)C)cc3)ncc2F)c1. The maximum Gasteiger partial charge on any atom is 0.407 e. The standard InChI is InChI=1S/C26H29FN6O4/c1-5-22(34)30-18-7-6-8-19(15-18)31-23-21(27)16-29-24(33-23)32-17-9-11-20(12-10-17)36-14-13-28-25(35)37-26(2,3)4/h5-12,15-16H,1,13-14H2,2-4H3,(H,28,35)(H,30,34)(H2,29,31,32,33). The molecule has 11 heteroatoms. The van der Waals surface area contributed by atoms with E-state index in [0.29, 0.717) is 22.8 Å². The van der Waals surface area contributed by atoms with Crippen LogP contribution in [0, 0.1) is 5.82 Å². The van der Waals surface area contributed by atoms with E-state index >= 15 is 0 Å². The molecule has 0 radical (unpaired) electrons. The van der Waals surface area contributed by atoms with Crippen LogP contribution < -0.4 is 26.0 Å². The smallest absolute Gasteiger partial charge is 0.407 e. The van der Waals surface area contributed by atoms with Gasteiger partial charge >= 0.3 is 6.09 Å². The Morgan fingerprint density at radius 1 is 1.05 bits per heavy atom. The lowest BCUT2D eigenvalue weighted by atomic mass is 10.2. The van der Waals surface area contributed by atoms with E-state index in [4.69, 9.17) is 9.47 Å². The molecule has 194 valence electrons. The number of carbonyl (C=O) groups is 2. The number of rotatable bonds is 10. The molecule has 2 aromatic carbocycles. The molecule has 37 heavy (non-hydrogen) atoms. The quantitative estimate of drug-likeness (QED) is 0.219. The fourth-order valence-electron chi connectivity index (χ4n) is 2.92. The van der Waals surface area contributed by atoms with Crippen molar-refractivity contribution in [3.63, 3.8) is 0 Å². The van der Waals surface area contributed by atoms with Crippen LogP contribution in [0.15, 0.2) is 67.4 Å². The van der Waals surface area contributed by atoms with E-state index in [1.54, 1.807) is 69.3 Å². The molecule has 0 aliphatic carbocycles. The summed E-state index contributed by atoms with van der Waals surface area (Å²) in [6.07, 6.45) is 1.71. The van der Waals surface area contributed by atoms with E-state index in [1.807, 2.05) is 0 Å². The highest BCUT2D eigenvalue weighted by atomic mass is 19.1. The third-order valence-electron chi connectivity index (χ3n) is 4.47. The van der Waals surface area contributed by atoms with Crippen molar-refractivity contribution in [1.82, 2.24) is 15.3 Å². The predicted molar refractivity (Wildman–Crippen MR) is 140 cm³/mol. The Bertz CT molecular complexity index is 1240. The van der Waals surface area contributed by atoms with Crippen LogP contribution in [0.2, 0.25) is 0 Å². The number of nitrogens with zero attached hydrogens (tertiary/aromatic N) is 2. The fourth-order valence-corrected chi connectivity index (χ4v) is 2.92. The minimum Gasteiger partial charge on any atom is -0.492 e. The van der Waals surface area contributed by atoms with Crippen LogP contribution in [0.4, 0.5) is 38.0 Å². The van der Waals surface area contributed by atoms with Crippen molar-refractivity contribution in [2.45, 2.75) is 26.4 Å². The molecule has 0 aliphatic rings. The van der Waals surface area contributed by atoms with Crippen molar-refractivity contribution in [3.8, 4) is 5.75 Å². The van der Waals surface area contributed by atoms with Crippen LogP contribution in [0.25, 0.3) is 0 Å². The molecule has 0 atom stereocenters. The van der Waals surface area contributed by atoms with Crippen molar-refractivity contribution in [1.29, 1.82) is 0 Å². The van der Waals surface area contributed by atoms with Gasteiger partial charge in [0.2, 0.25) is 11.9 Å². The number of anilines is 5. The van der Waals surface area contributed by atoms with E-state index in [-0.39, 0.29) is 30.8 Å². The number of hydrogen-bond donors (Lipinski definition) is 4. The Kier molecular flexibility index (Phi) is 8.98. The number of ether oxygens (including phenoxy) is 2. The summed E-state index contributed by atoms with van der Waals surface area (Å²) in [5, 5.41) is 11.2. The highest BCUT2D eigenvalue weighted by Crippen LogP contribution is 2.23. The summed E-state index contributed by atoms with van der Waals surface area (Å²) < 4.78 is 25.1. The summed E-state index contributed by atoms with van der Waals surface area (Å²) in [5.74, 6) is -0.264. The van der Waals surface area contributed by atoms with Gasteiger partial charge < -0.3 is 30.7 Å². The molecule has 0 unspecified atom stereocenters. The summed E-state index contributed by atoms with van der Waals surface area (Å²) in [5.41, 5.74) is 1.14. The Morgan fingerprint density at radius 2 is 1.78 bits per heavy atom. The molecule has 4 N–H and O–H groups in total. The van der Waals surface area contributed by atoms with E-state index < -0.39 is 17.5 Å². The lowest BCUT2D eigenvalue weighted by Crippen LogP contribution is -2.34. The molecule has 0 spiro atoms. The van der Waals surface area contributed by atoms with Crippen molar-refractivity contribution >= 4 is 40.8 Å². The van der Waals surface area contributed by atoms with Crippen LogP contribution >= 0.6 is 0 Å². The first-order chi connectivity index (χ1) is 17.6. The minimum absolute atomic E-state index is 0.0397. The molecule has 3 aromatic rings. The van der Waals surface area contributed by atoms with Gasteiger partial charge in [0.05, 0.1) is 12.7 Å². The first-order valence-corrected chi connectivity index (χ1v) is 11.4. The molecule has 3 rings (SSSR count). The van der Waals surface area contributed by atoms with Crippen LogP contribution in [0.1, 0.15) is 20.8 Å². The third kappa shape index (κ3) is 9.13. The van der Waals surface area contributed by atoms with Gasteiger partial charge in [0, 0.05) is 17.1 Å². The van der Waals surface area contributed by atoms with Gasteiger partial charge in [0.15, 0.2) is 11.6 Å². The average Bonchev–Trinajstić information content (AvgIpc) is 2.84. The number of halogens is 1. The normalized spacial score (nSPS) is 10.7. The highest BCUT2D eigenvalue weighted by molar-refractivity contribution is 5.99. The Hall–Kier alpha value is -4.67. The number of hydrogen-bond acceptors (Lipinski definition) is 8. The predicted octanol–water partition coefficient (Wildman–Crippen LogP) is 5.13. The van der Waals surface area contributed by atoms with Gasteiger partial charge in [-0.3, -0.25) is 4.79 Å². The van der Waals surface area contributed by atoms with Crippen molar-refractivity contribution < 1.29 is 23.5 Å². The van der Waals surface area contributed by atoms with Crippen LogP contribution in [-0.4, -0.2) is 40.7 Å². The lowest BCUT2D eigenvalue weighted by Gasteiger charge is -2.19. The van der Waals surface area contributed by atoms with Gasteiger partial charge in [0.25, 0.3) is 0 Å². The molecule has 0 bridgehead atoms. The van der Waals surface area contributed by atoms with Gasteiger partial charge in [0.1, 0.15) is 18.0 Å². The second kappa shape index (κ2) is 12.3. The monoisotopic (exact) mass is 508 g/mol. The number of nitrogens with one attached hydrogen (secondary N) is 4. The largest absolute Gasteiger partial charge is 0.492 e. The number of carbonyl (C=O) groups excluding carboxylic acids is 2. The zero-order chi connectivity index (χ0) is 26.8. The lowest BCUT2D eigenvalue weighted by molar-refractivity contribution is -0.111. The summed E-state index contributed by atoms with van der Waals surface area (Å²) in [6, 6.07) is 13.7. The molecule has 0 fully saturated rings. The number of alkyl carbamates (subject to hydrolysis) is 1. The third-order valence-corrected chi connectivity index (χ3v) is 4.47. The molecule has 2 amide bonds. The van der Waals surface area contributed by atoms with Gasteiger partial charge in [-0.2, -0.15) is 4.98 Å². The second-order valence-electron chi connectivity index (χ2n) is 8.72. The first kappa shape index (κ1) is 26.9. The molecule has 0 saturated carbocycles. The van der Waals surface area contributed by atoms with E-state index in [2.05, 4.69) is 37.8 Å². The summed E-state index contributed by atoms with van der Waals surface area (Å²) >= 11 is 0. The first-order valence-electron chi connectivity index (χ1n) is 11.4. The Morgan fingerprint density at radius 3 is 2.49 bits per heavy atom. The van der Waals surface area contributed by atoms with Gasteiger partial charge in [-0.1, -0.05) is 12.6 Å². The highest BCUT2D eigenvalue weighted by Gasteiger charge is 2.15. The van der Waals surface area contributed by atoms with E-state index in [0.717, 1.165) is 12.3 Å². The molecule has 1 aromatic heterocycles. The number of amides is 2. The zero-order valence-corrected chi connectivity index (χ0v) is 20.8. The van der Waals surface area contributed by atoms with Gasteiger partial charge in [-0.05, 0) is 69.3 Å². The Balaban J connectivity index is 1.55. The fraction of sp³-hybridized carbons (Fsp3) is 0.231. The van der Waals surface area contributed by atoms with E-state index in [9.17, 15) is 14.0 Å². The van der Waals surface area contributed by atoms with Crippen molar-refractivity contribution in [2.75, 3.05) is 29.1 Å². The summed E-state index contributed by atoms with van der Waals surface area (Å²) in [7, 11) is 0. The second-order valence-corrected chi connectivity index (χ2v) is 8.72. The number of aromatic nitrogens is 2. The maximum absolute atomic E-state index is 14.3. The van der Waals surface area contributed by atoms with Crippen LogP contribution in [-0.2, 0) is 9.53 Å². The summed E-state index contributed by atoms with van der Waals surface area (Å²) in [6.45, 7) is 9.34. The minimum atomic E-state index is -0.644. The average molecular weight is 509 g/mol. The van der Waals surface area contributed by atoms with Crippen LogP contribution in [0.3, 0.4) is 0 Å². The van der Waals surface area contributed by atoms with Gasteiger partial charge in [-0.15, -0.1) is 0 Å². The van der Waals surface area contributed by atoms with Crippen molar-refractivity contribution in [2.24, 2.45) is 0 Å². The van der Waals surface area contributed by atoms with Crippen LogP contribution in [0.5, 0.6) is 5.75 Å². The molecule has 1 heterocycles. The molecule has 0 aliphatic heterocycles. The maximum atomic E-state index is 14.3. The number of benzene rings is 2. The molecule has 10 nitrogen and oxygen atoms in total. The Labute approximate surface area is 214 Å².